The quantitative estimate of drug-likeness (QED) is 0.494. The number of rotatable bonds is 9. The molecule has 0 aliphatic heterocycles. The number of nitrogens with one attached hydrogen (secondary N) is 1. The maximum atomic E-state index is 12.1. The van der Waals surface area contributed by atoms with E-state index >= 15 is 0 Å². The molecule has 7 nitrogen and oxygen atoms in total. The molecule has 1 aromatic carbocycles. The van der Waals surface area contributed by atoms with Gasteiger partial charge >= 0.3 is 0 Å². The molecule has 0 bridgehead atoms. The van der Waals surface area contributed by atoms with Crippen LogP contribution < -0.4 is 9.86 Å². The molecule has 0 amide bonds. The van der Waals surface area contributed by atoms with Crippen LogP contribution >= 0.6 is 0 Å². The zero-order valence-electron chi connectivity index (χ0n) is 11.4. The van der Waals surface area contributed by atoms with Crippen LogP contribution in [0.4, 0.5) is 0 Å². The summed E-state index contributed by atoms with van der Waals surface area (Å²) >= 11 is 0. The van der Waals surface area contributed by atoms with E-state index < -0.39 is 24.9 Å². The van der Waals surface area contributed by atoms with Crippen molar-refractivity contribution in [2.24, 2.45) is 5.14 Å². The van der Waals surface area contributed by atoms with Crippen molar-refractivity contribution < 1.29 is 21.6 Å². The van der Waals surface area contributed by atoms with Gasteiger partial charge in [0.1, 0.15) is 9.79 Å². The second-order valence-electron chi connectivity index (χ2n) is 4.08. The van der Waals surface area contributed by atoms with Crippen LogP contribution in [0.5, 0.6) is 0 Å². The monoisotopic (exact) mass is 334 g/mol. The average molecular weight is 334 g/mol. The van der Waals surface area contributed by atoms with Crippen molar-refractivity contribution in [2.45, 2.75) is 16.2 Å². The molecule has 0 aliphatic rings. The number of ether oxygens (including phenoxy) is 1. The summed E-state index contributed by atoms with van der Waals surface area (Å²) in [5.74, 6) is 0. The Labute approximate surface area is 124 Å². The molecular formula is C12H18N2O5S2. The van der Waals surface area contributed by atoms with Gasteiger partial charge in [-0.1, -0.05) is 18.2 Å². The first-order valence-corrected chi connectivity index (χ1v) is 9.12. The van der Waals surface area contributed by atoms with E-state index in [-0.39, 0.29) is 18.0 Å². The van der Waals surface area contributed by atoms with E-state index in [2.05, 4.69) is 11.3 Å². The predicted molar refractivity (Wildman–Crippen MR) is 78.6 cm³/mol. The van der Waals surface area contributed by atoms with Gasteiger partial charge in [0.05, 0.1) is 13.2 Å². The van der Waals surface area contributed by atoms with Crippen molar-refractivity contribution in [2.75, 3.05) is 19.8 Å². The molecular weight excluding hydrogens is 316 g/mol. The lowest BCUT2D eigenvalue weighted by Crippen LogP contribution is -2.29. The third-order valence-electron chi connectivity index (χ3n) is 2.45. The largest absolute Gasteiger partial charge is 0.380 e. The third-order valence-corrected chi connectivity index (χ3v) is 5.07. The van der Waals surface area contributed by atoms with Gasteiger partial charge in [0.2, 0.25) is 20.0 Å². The van der Waals surface area contributed by atoms with E-state index in [0.29, 0.717) is 13.0 Å². The Hall–Kier alpha value is -1.26. The van der Waals surface area contributed by atoms with Crippen LogP contribution in [-0.4, -0.2) is 36.6 Å². The normalized spacial score (nSPS) is 12.2. The molecule has 21 heavy (non-hydrogen) atoms. The zero-order chi connectivity index (χ0) is 15.9. The SMILES string of the molecule is C=CCCOCCNS(=O)(=O)c1ccccc1S(N)(=O)=O. The first-order chi connectivity index (χ1) is 9.79. The fraction of sp³-hybridized carbons (Fsp3) is 0.333. The van der Waals surface area contributed by atoms with Crippen molar-refractivity contribution in [3.05, 3.63) is 36.9 Å². The molecule has 1 rings (SSSR count). The van der Waals surface area contributed by atoms with Crippen molar-refractivity contribution in [1.82, 2.24) is 4.72 Å². The Morgan fingerprint density at radius 2 is 1.76 bits per heavy atom. The molecule has 0 aliphatic carbocycles. The number of primary sulfonamides is 1. The van der Waals surface area contributed by atoms with Crippen molar-refractivity contribution in [3.63, 3.8) is 0 Å². The average Bonchev–Trinajstić information content (AvgIpc) is 2.42. The number of hydrogen-bond acceptors (Lipinski definition) is 5. The van der Waals surface area contributed by atoms with Crippen LogP contribution in [0.3, 0.4) is 0 Å². The van der Waals surface area contributed by atoms with Gasteiger partial charge in [-0.2, -0.15) is 0 Å². The first kappa shape index (κ1) is 17.8. The molecule has 118 valence electrons. The van der Waals surface area contributed by atoms with Crippen molar-refractivity contribution in [1.29, 1.82) is 0 Å². The lowest BCUT2D eigenvalue weighted by Gasteiger charge is -2.10. The fourth-order valence-electron chi connectivity index (χ4n) is 1.50. The summed E-state index contributed by atoms with van der Waals surface area (Å²) in [7, 11) is -8.10. The Balaban J connectivity index is 2.78. The van der Waals surface area contributed by atoms with Gasteiger partial charge in [0.25, 0.3) is 0 Å². The maximum absolute atomic E-state index is 12.1. The lowest BCUT2D eigenvalue weighted by molar-refractivity contribution is 0.144. The summed E-state index contributed by atoms with van der Waals surface area (Å²) in [6, 6.07) is 5.14. The van der Waals surface area contributed by atoms with Gasteiger partial charge in [-0.05, 0) is 18.6 Å². The minimum atomic E-state index is -4.12. The highest BCUT2D eigenvalue weighted by atomic mass is 32.2. The number of nitrogens with two attached hydrogens (primary N) is 1. The minimum Gasteiger partial charge on any atom is -0.380 e. The van der Waals surface area contributed by atoms with E-state index in [9.17, 15) is 16.8 Å². The van der Waals surface area contributed by atoms with Crippen LogP contribution in [0, 0.1) is 0 Å². The molecule has 0 saturated heterocycles. The zero-order valence-corrected chi connectivity index (χ0v) is 13.0. The first-order valence-electron chi connectivity index (χ1n) is 6.09. The Kier molecular flexibility index (Phi) is 6.49. The topological polar surface area (TPSA) is 116 Å². The van der Waals surface area contributed by atoms with Crippen molar-refractivity contribution in [3.8, 4) is 0 Å². The van der Waals surface area contributed by atoms with Gasteiger partial charge in [-0.15, -0.1) is 6.58 Å². The van der Waals surface area contributed by atoms with Crippen molar-refractivity contribution >= 4 is 20.0 Å². The molecule has 3 N–H and O–H groups in total. The number of sulfonamides is 2. The van der Waals surface area contributed by atoms with Gasteiger partial charge in [0.15, 0.2) is 0 Å². The highest BCUT2D eigenvalue weighted by molar-refractivity contribution is 7.92. The fourth-order valence-corrected chi connectivity index (χ4v) is 3.89. The van der Waals surface area contributed by atoms with E-state index in [1.54, 1.807) is 6.08 Å². The summed E-state index contributed by atoms with van der Waals surface area (Å²) in [6.45, 7) is 4.17. The summed E-state index contributed by atoms with van der Waals surface area (Å²) in [4.78, 5) is -0.816. The predicted octanol–water partition coefficient (Wildman–Crippen LogP) is 0.205. The molecule has 0 radical (unpaired) electrons. The van der Waals surface area contributed by atoms with Crippen LogP contribution in [0.15, 0.2) is 46.7 Å². The lowest BCUT2D eigenvalue weighted by atomic mass is 10.4. The number of benzene rings is 1. The van der Waals surface area contributed by atoms with Gasteiger partial charge in [-0.3, -0.25) is 0 Å². The van der Waals surface area contributed by atoms with E-state index in [1.807, 2.05) is 0 Å². The van der Waals surface area contributed by atoms with E-state index in [0.717, 1.165) is 6.07 Å². The molecule has 0 heterocycles. The van der Waals surface area contributed by atoms with Gasteiger partial charge in [-0.25, -0.2) is 26.7 Å². The second-order valence-corrected chi connectivity index (χ2v) is 7.34. The molecule has 9 heteroatoms. The molecule has 0 atom stereocenters. The highest BCUT2D eigenvalue weighted by Crippen LogP contribution is 2.18. The molecule has 0 spiro atoms. The molecule has 0 saturated carbocycles. The van der Waals surface area contributed by atoms with E-state index in [4.69, 9.17) is 9.88 Å². The van der Waals surface area contributed by atoms with E-state index in [1.165, 1.54) is 18.2 Å². The standard InChI is InChI=1S/C12H18N2O5S2/c1-2-3-9-19-10-8-14-21(17,18)12-7-5-4-6-11(12)20(13,15)16/h2,4-7,14H,1,3,8-10H2,(H2,13,15,16). The molecule has 0 aromatic heterocycles. The Morgan fingerprint density at radius 3 is 2.33 bits per heavy atom. The molecule has 1 aromatic rings. The van der Waals surface area contributed by atoms with Crippen LogP contribution in [0.25, 0.3) is 0 Å². The highest BCUT2D eigenvalue weighted by Gasteiger charge is 2.23. The third kappa shape index (κ3) is 5.56. The smallest absolute Gasteiger partial charge is 0.241 e. The second kappa shape index (κ2) is 7.66. The van der Waals surface area contributed by atoms with Crippen LogP contribution in [0.1, 0.15) is 6.42 Å². The summed E-state index contributed by atoms with van der Waals surface area (Å²) in [5, 5.41) is 5.01. The maximum Gasteiger partial charge on any atom is 0.241 e. The summed E-state index contributed by atoms with van der Waals surface area (Å²) in [5.41, 5.74) is 0. The molecule has 0 fully saturated rings. The molecule has 0 unspecified atom stereocenters. The minimum absolute atomic E-state index is 0.0262. The summed E-state index contributed by atoms with van der Waals surface area (Å²) < 4.78 is 54.4. The van der Waals surface area contributed by atoms with Crippen LogP contribution in [-0.2, 0) is 24.8 Å². The number of hydrogen-bond donors (Lipinski definition) is 2. The Bertz CT molecular complexity index is 683. The summed E-state index contributed by atoms with van der Waals surface area (Å²) in [6.07, 6.45) is 2.35. The van der Waals surface area contributed by atoms with Gasteiger partial charge < -0.3 is 4.74 Å². The Morgan fingerprint density at radius 1 is 1.14 bits per heavy atom. The van der Waals surface area contributed by atoms with Crippen LogP contribution in [0.2, 0.25) is 0 Å². The van der Waals surface area contributed by atoms with Gasteiger partial charge in [0, 0.05) is 6.54 Å².